The second-order valence-corrected chi connectivity index (χ2v) is 5.05. The Morgan fingerprint density at radius 3 is 1.81 bits per heavy atom. The molecule has 2 aromatic rings. The number of hydrogen-bond acceptors (Lipinski definition) is 1. The fraction of sp³-hybridized carbons (Fsp3) is 0.211. The first kappa shape index (κ1) is 15.0. The van der Waals surface area contributed by atoms with E-state index in [1.54, 1.807) is 6.08 Å². The molecule has 0 heterocycles. The molecule has 0 atom stereocenters. The minimum Gasteiger partial charge on any atom is -0.334 e. The topological polar surface area (TPSA) is 20.3 Å². The average Bonchev–Trinajstić information content (AvgIpc) is 2.54. The Morgan fingerprint density at radius 2 is 1.38 bits per heavy atom. The average molecular weight is 279 g/mol. The molecule has 0 N–H and O–H groups in total. The molecule has 2 nitrogen and oxygen atoms in total. The van der Waals surface area contributed by atoms with Crippen molar-refractivity contribution >= 4 is 5.91 Å². The van der Waals surface area contributed by atoms with Gasteiger partial charge in [0, 0.05) is 19.5 Å². The number of hydrogen-bond donors (Lipinski definition) is 0. The molecule has 108 valence electrons. The Labute approximate surface area is 126 Å². The van der Waals surface area contributed by atoms with Gasteiger partial charge in [0.2, 0.25) is 5.91 Å². The van der Waals surface area contributed by atoms with Gasteiger partial charge in [-0.15, -0.1) is 6.58 Å². The monoisotopic (exact) mass is 279 g/mol. The van der Waals surface area contributed by atoms with Gasteiger partial charge in [-0.05, 0) is 17.5 Å². The van der Waals surface area contributed by atoms with Crippen molar-refractivity contribution in [1.29, 1.82) is 0 Å². The molecule has 0 unspecified atom stereocenters. The first-order valence-corrected chi connectivity index (χ1v) is 7.26. The molecule has 0 saturated heterocycles. The molecule has 21 heavy (non-hydrogen) atoms. The smallest absolute Gasteiger partial charge is 0.223 e. The van der Waals surface area contributed by atoms with E-state index in [0.29, 0.717) is 19.5 Å². The van der Waals surface area contributed by atoms with Crippen molar-refractivity contribution in [2.75, 3.05) is 0 Å². The normalized spacial score (nSPS) is 10.1. The van der Waals surface area contributed by atoms with Crippen molar-refractivity contribution in [3.63, 3.8) is 0 Å². The van der Waals surface area contributed by atoms with Crippen molar-refractivity contribution in [2.45, 2.75) is 25.9 Å². The predicted molar refractivity (Wildman–Crippen MR) is 86.6 cm³/mol. The van der Waals surface area contributed by atoms with Crippen molar-refractivity contribution in [1.82, 2.24) is 4.90 Å². The van der Waals surface area contributed by atoms with Gasteiger partial charge in [0.1, 0.15) is 0 Å². The zero-order chi connectivity index (χ0) is 14.9. The van der Waals surface area contributed by atoms with Crippen molar-refractivity contribution in [2.24, 2.45) is 0 Å². The molecular formula is C19H21NO. The molecule has 2 aromatic carbocycles. The molecule has 0 aliphatic rings. The largest absolute Gasteiger partial charge is 0.334 e. The molecule has 0 aromatic heterocycles. The summed E-state index contributed by atoms with van der Waals surface area (Å²) < 4.78 is 0. The lowest BCUT2D eigenvalue weighted by Crippen LogP contribution is -2.29. The van der Waals surface area contributed by atoms with E-state index in [4.69, 9.17) is 0 Å². The first-order valence-electron chi connectivity index (χ1n) is 7.26. The summed E-state index contributed by atoms with van der Waals surface area (Å²) in [6.07, 6.45) is 3.03. The second-order valence-electron chi connectivity index (χ2n) is 5.05. The van der Waals surface area contributed by atoms with Crippen LogP contribution in [0, 0.1) is 0 Å². The van der Waals surface area contributed by atoms with Crippen LogP contribution in [0.4, 0.5) is 0 Å². The summed E-state index contributed by atoms with van der Waals surface area (Å²) in [6, 6.07) is 20.2. The minimum atomic E-state index is 0.169. The van der Waals surface area contributed by atoms with Gasteiger partial charge >= 0.3 is 0 Å². The highest BCUT2D eigenvalue weighted by atomic mass is 16.2. The highest BCUT2D eigenvalue weighted by Crippen LogP contribution is 2.12. The SMILES string of the molecule is C=CCCC(=O)N(Cc1ccccc1)Cc1ccccc1. The van der Waals surface area contributed by atoms with Gasteiger partial charge in [0.05, 0.1) is 0 Å². The lowest BCUT2D eigenvalue weighted by Gasteiger charge is -2.23. The van der Waals surface area contributed by atoms with Gasteiger partial charge in [0.25, 0.3) is 0 Å². The molecule has 1 amide bonds. The van der Waals surface area contributed by atoms with E-state index < -0.39 is 0 Å². The third kappa shape index (κ3) is 4.92. The Kier molecular flexibility index (Phi) is 5.77. The van der Waals surface area contributed by atoms with Gasteiger partial charge in [0.15, 0.2) is 0 Å². The molecule has 0 fully saturated rings. The Morgan fingerprint density at radius 1 is 0.905 bits per heavy atom. The van der Waals surface area contributed by atoms with Crippen LogP contribution in [-0.2, 0) is 17.9 Å². The molecule has 0 spiro atoms. The highest BCUT2D eigenvalue weighted by Gasteiger charge is 2.13. The molecule has 0 aliphatic carbocycles. The number of benzene rings is 2. The van der Waals surface area contributed by atoms with E-state index in [2.05, 4.69) is 30.8 Å². The van der Waals surface area contributed by atoms with Gasteiger partial charge in [-0.1, -0.05) is 66.7 Å². The zero-order valence-electron chi connectivity index (χ0n) is 12.2. The molecule has 2 rings (SSSR count). The standard InChI is InChI=1S/C19H21NO/c1-2-3-14-19(21)20(15-17-10-6-4-7-11-17)16-18-12-8-5-9-13-18/h2,4-13H,1,3,14-16H2. The van der Waals surface area contributed by atoms with Crippen molar-refractivity contribution in [3.8, 4) is 0 Å². The summed E-state index contributed by atoms with van der Waals surface area (Å²) in [5.74, 6) is 0.169. The minimum absolute atomic E-state index is 0.169. The van der Waals surface area contributed by atoms with Crippen molar-refractivity contribution in [3.05, 3.63) is 84.4 Å². The summed E-state index contributed by atoms with van der Waals surface area (Å²) in [6.45, 7) is 4.98. The third-order valence-electron chi connectivity index (χ3n) is 3.35. The summed E-state index contributed by atoms with van der Waals surface area (Å²) >= 11 is 0. The van der Waals surface area contributed by atoms with Gasteiger partial charge in [-0.2, -0.15) is 0 Å². The van der Waals surface area contributed by atoms with Crippen LogP contribution in [0.3, 0.4) is 0 Å². The maximum Gasteiger partial charge on any atom is 0.223 e. The number of carbonyl (C=O) groups is 1. The maximum absolute atomic E-state index is 12.4. The lowest BCUT2D eigenvalue weighted by atomic mass is 10.1. The maximum atomic E-state index is 12.4. The number of rotatable bonds is 7. The first-order chi connectivity index (χ1) is 10.3. The van der Waals surface area contributed by atoms with E-state index in [-0.39, 0.29) is 5.91 Å². The van der Waals surface area contributed by atoms with Gasteiger partial charge < -0.3 is 4.90 Å². The van der Waals surface area contributed by atoms with Crippen LogP contribution in [0.5, 0.6) is 0 Å². The Balaban J connectivity index is 2.09. The van der Waals surface area contributed by atoms with Gasteiger partial charge in [-0.25, -0.2) is 0 Å². The lowest BCUT2D eigenvalue weighted by molar-refractivity contribution is -0.132. The Hall–Kier alpha value is -2.35. The second kappa shape index (κ2) is 8.05. The number of amides is 1. The molecule has 0 bridgehead atoms. The quantitative estimate of drug-likeness (QED) is 0.696. The highest BCUT2D eigenvalue weighted by molar-refractivity contribution is 5.76. The summed E-state index contributed by atoms with van der Waals surface area (Å²) in [7, 11) is 0. The molecule has 0 saturated carbocycles. The van der Waals surface area contributed by atoms with Crippen molar-refractivity contribution < 1.29 is 4.79 Å². The molecule has 0 radical (unpaired) electrons. The van der Waals surface area contributed by atoms with Crippen LogP contribution < -0.4 is 0 Å². The van der Waals surface area contributed by atoms with Crippen LogP contribution in [0.25, 0.3) is 0 Å². The third-order valence-corrected chi connectivity index (χ3v) is 3.35. The van der Waals surface area contributed by atoms with E-state index in [0.717, 1.165) is 17.5 Å². The summed E-state index contributed by atoms with van der Waals surface area (Å²) in [4.78, 5) is 14.3. The van der Waals surface area contributed by atoms with E-state index >= 15 is 0 Å². The van der Waals surface area contributed by atoms with Crippen LogP contribution in [0.1, 0.15) is 24.0 Å². The number of nitrogens with zero attached hydrogens (tertiary/aromatic N) is 1. The zero-order valence-corrected chi connectivity index (χ0v) is 12.2. The fourth-order valence-corrected chi connectivity index (χ4v) is 2.22. The van der Waals surface area contributed by atoms with Crippen LogP contribution in [-0.4, -0.2) is 10.8 Å². The van der Waals surface area contributed by atoms with E-state index in [1.807, 2.05) is 41.3 Å². The fourth-order valence-electron chi connectivity index (χ4n) is 2.22. The van der Waals surface area contributed by atoms with Crippen LogP contribution in [0.15, 0.2) is 73.3 Å². The summed E-state index contributed by atoms with van der Waals surface area (Å²) in [5.41, 5.74) is 2.31. The van der Waals surface area contributed by atoms with Crippen LogP contribution in [0.2, 0.25) is 0 Å². The molecule has 0 aliphatic heterocycles. The van der Waals surface area contributed by atoms with E-state index in [1.165, 1.54) is 0 Å². The number of carbonyl (C=O) groups excluding carboxylic acids is 1. The Bertz CT molecular complexity index is 521. The van der Waals surface area contributed by atoms with Gasteiger partial charge in [-0.3, -0.25) is 4.79 Å². The molecule has 2 heteroatoms. The molecular weight excluding hydrogens is 258 g/mol. The van der Waals surface area contributed by atoms with Crippen LogP contribution >= 0.6 is 0 Å². The summed E-state index contributed by atoms with van der Waals surface area (Å²) in [5, 5.41) is 0. The predicted octanol–water partition coefficient (Wildman–Crippen LogP) is 4.18. The number of allylic oxidation sites excluding steroid dienone is 1. The van der Waals surface area contributed by atoms with E-state index in [9.17, 15) is 4.79 Å².